The predicted molar refractivity (Wildman–Crippen MR) is 67.4 cm³/mol. The fourth-order valence-corrected chi connectivity index (χ4v) is 1.69. The number of carbonyl (C=O) groups excluding carboxylic acids is 1. The van der Waals surface area contributed by atoms with Gasteiger partial charge in [0.2, 0.25) is 5.91 Å². The lowest BCUT2D eigenvalue weighted by Gasteiger charge is -2.38. The maximum absolute atomic E-state index is 11.4. The predicted octanol–water partition coefficient (Wildman–Crippen LogP) is 2.74. The fraction of sp³-hybridized carbons (Fsp3) is 0.923. The summed E-state index contributed by atoms with van der Waals surface area (Å²) in [5.41, 5.74) is -0.0864. The van der Waals surface area contributed by atoms with Gasteiger partial charge in [-0.25, -0.2) is 0 Å². The van der Waals surface area contributed by atoms with Gasteiger partial charge in [-0.2, -0.15) is 0 Å². The van der Waals surface area contributed by atoms with Crippen molar-refractivity contribution >= 4 is 5.91 Å². The Kier molecular flexibility index (Phi) is 6.65. The van der Waals surface area contributed by atoms with Gasteiger partial charge < -0.3 is 10.1 Å². The van der Waals surface area contributed by atoms with Crippen molar-refractivity contribution in [1.29, 1.82) is 0 Å². The monoisotopic (exact) mass is 229 g/mol. The van der Waals surface area contributed by atoms with Crippen molar-refractivity contribution in [1.82, 2.24) is 5.32 Å². The zero-order valence-electron chi connectivity index (χ0n) is 11.6. The molecule has 0 atom stereocenters. The molecule has 1 N–H and O–H groups in total. The standard InChI is InChI=1S/C11H21NO2.C2H6/c1-5-12-10(13)8-6-9(7-8)14-11(2,3)4;1-2/h8-9H,5-7H2,1-4H3,(H,12,13);1-2H3. The largest absolute Gasteiger partial charge is 0.373 e. The Morgan fingerprint density at radius 3 is 2.19 bits per heavy atom. The summed E-state index contributed by atoms with van der Waals surface area (Å²) in [6, 6.07) is 0. The molecule has 0 aromatic carbocycles. The molecule has 1 aliphatic rings. The van der Waals surface area contributed by atoms with Gasteiger partial charge >= 0.3 is 0 Å². The van der Waals surface area contributed by atoms with E-state index in [0.717, 1.165) is 19.4 Å². The highest BCUT2D eigenvalue weighted by Crippen LogP contribution is 2.32. The van der Waals surface area contributed by atoms with Gasteiger partial charge in [0, 0.05) is 12.5 Å². The maximum atomic E-state index is 11.4. The molecule has 1 aliphatic carbocycles. The van der Waals surface area contributed by atoms with E-state index in [9.17, 15) is 4.79 Å². The maximum Gasteiger partial charge on any atom is 0.223 e. The number of hydrogen-bond acceptors (Lipinski definition) is 2. The average Bonchev–Trinajstić information content (AvgIpc) is 2.13. The molecule has 0 aromatic rings. The minimum Gasteiger partial charge on any atom is -0.373 e. The molecule has 0 spiro atoms. The molecule has 0 radical (unpaired) electrons. The second kappa shape index (κ2) is 6.89. The first-order chi connectivity index (χ1) is 7.42. The van der Waals surface area contributed by atoms with Crippen LogP contribution in [-0.4, -0.2) is 24.2 Å². The lowest BCUT2D eigenvalue weighted by atomic mass is 9.81. The van der Waals surface area contributed by atoms with Crippen molar-refractivity contribution in [3.63, 3.8) is 0 Å². The van der Waals surface area contributed by atoms with Crippen molar-refractivity contribution in [2.24, 2.45) is 5.92 Å². The highest BCUT2D eigenvalue weighted by atomic mass is 16.5. The van der Waals surface area contributed by atoms with Crippen molar-refractivity contribution in [3.8, 4) is 0 Å². The minimum absolute atomic E-state index is 0.0864. The van der Waals surface area contributed by atoms with Gasteiger partial charge in [-0.3, -0.25) is 4.79 Å². The third-order valence-electron chi connectivity index (χ3n) is 2.34. The molecule has 0 aliphatic heterocycles. The second-order valence-electron chi connectivity index (χ2n) is 4.92. The zero-order chi connectivity index (χ0) is 12.8. The molecular weight excluding hydrogens is 202 g/mol. The Labute approximate surface area is 99.9 Å². The lowest BCUT2D eigenvalue weighted by molar-refractivity contribution is -0.144. The molecule has 1 fully saturated rings. The van der Waals surface area contributed by atoms with Crippen LogP contribution in [0.3, 0.4) is 0 Å². The molecule has 0 bridgehead atoms. The van der Waals surface area contributed by atoms with Crippen LogP contribution >= 0.6 is 0 Å². The SMILES string of the molecule is CC.CCNC(=O)C1CC(OC(C)(C)C)C1. The third-order valence-corrected chi connectivity index (χ3v) is 2.34. The summed E-state index contributed by atoms with van der Waals surface area (Å²) in [6.45, 7) is 12.8. The average molecular weight is 229 g/mol. The van der Waals surface area contributed by atoms with Gasteiger partial charge in [-0.1, -0.05) is 13.8 Å². The van der Waals surface area contributed by atoms with Crippen molar-refractivity contribution in [3.05, 3.63) is 0 Å². The number of ether oxygens (including phenoxy) is 1. The third kappa shape index (κ3) is 5.50. The van der Waals surface area contributed by atoms with Gasteiger partial charge in [0.05, 0.1) is 11.7 Å². The number of rotatable bonds is 3. The van der Waals surface area contributed by atoms with Crippen LogP contribution in [0.1, 0.15) is 54.4 Å². The van der Waals surface area contributed by atoms with Crippen LogP contribution in [0.4, 0.5) is 0 Å². The molecule has 3 nitrogen and oxygen atoms in total. The lowest BCUT2D eigenvalue weighted by Crippen LogP contribution is -2.44. The highest BCUT2D eigenvalue weighted by Gasteiger charge is 2.36. The summed E-state index contributed by atoms with van der Waals surface area (Å²) in [4.78, 5) is 11.4. The van der Waals surface area contributed by atoms with Crippen molar-refractivity contribution in [2.45, 2.75) is 66.1 Å². The van der Waals surface area contributed by atoms with E-state index in [1.165, 1.54) is 0 Å². The summed E-state index contributed by atoms with van der Waals surface area (Å²) in [5.74, 6) is 0.364. The van der Waals surface area contributed by atoms with Crippen LogP contribution in [0.5, 0.6) is 0 Å². The van der Waals surface area contributed by atoms with Crippen LogP contribution in [-0.2, 0) is 9.53 Å². The first kappa shape index (κ1) is 15.4. The van der Waals surface area contributed by atoms with E-state index in [2.05, 4.69) is 5.32 Å². The Hall–Kier alpha value is -0.570. The molecule has 0 aromatic heterocycles. The minimum atomic E-state index is -0.0864. The van der Waals surface area contributed by atoms with Crippen LogP contribution in [0.2, 0.25) is 0 Å². The Morgan fingerprint density at radius 1 is 1.31 bits per heavy atom. The van der Waals surface area contributed by atoms with Gasteiger partial charge in [0.1, 0.15) is 0 Å². The van der Waals surface area contributed by atoms with Gasteiger partial charge in [-0.15, -0.1) is 0 Å². The summed E-state index contributed by atoms with van der Waals surface area (Å²) in [5, 5.41) is 2.84. The molecule has 1 saturated carbocycles. The van der Waals surface area contributed by atoms with Crippen LogP contribution < -0.4 is 5.32 Å². The van der Waals surface area contributed by atoms with E-state index in [1.807, 2.05) is 41.5 Å². The first-order valence-electron chi connectivity index (χ1n) is 6.38. The van der Waals surface area contributed by atoms with Gasteiger partial charge in [0.15, 0.2) is 0 Å². The summed E-state index contributed by atoms with van der Waals surface area (Å²) >= 11 is 0. The van der Waals surface area contributed by atoms with Crippen molar-refractivity contribution in [2.75, 3.05) is 6.54 Å². The van der Waals surface area contributed by atoms with E-state index in [4.69, 9.17) is 4.74 Å². The van der Waals surface area contributed by atoms with Gasteiger partial charge in [-0.05, 0) is 40.5 Å². The molecule has 0 unspecified atom stereocenters. The molecule has 0 saturated heterocycles. The quantitative estimate of drug-likeness (QED) is 0.808. The van der Waals surface area contributed by atoms with Crippen LogP contribution in [0.25, 0.3) is 0 Å². The topological polar surface area (TPSA) is 38.3 Å². The molecule has 16 heavy (non-hydrogen) atoms. The summed E-state index contributed by atoms with van der Waals surface area (Å²) in [6.07, 6.45) is 2.04. The number of hydrogen-bond donors (Lipinski definition) is 1. The summed E-state index contributed by atoms with van der Waals surface area (Å²) < 4.78 is 5.75. The van der Waals surface area contributed by atoms with Crippen LogP contribution in [0.15, 0.2) is 0 Å². The number of nitrogens with one attached hydrogen (secondary N) is 1. The highest BCUT2D eigenvalue weighted by molar-refractivity contribution is 5.79. The molecule has 1 rings (SSSR count). The molecule has 3 heteroatoms. The van der Waals surface area contributed by atoms with E-state index in [-0.39, 0.29) is 23.5 Å². The van der Waals surface area contributed by atoms with Gasteiger partial charge in [0.25, 0.3) is 0 Å². The number of carbonyl (C=O) groups is 1. The Bertz CT molecular complexity index is 202. The second-order valence-corrected chi connectivity index (χ2v) is 4.92. The van der Waals surface area contributed by atoms with Crippen LogP contribution in [0, 0.1) is 5.92 Å². The zero-order valence-corrected chi connectivity index (χ0v) is 11.6. The smallest absolute Gasteiger partial charge is 0.223 e. The number of amides is 1. The Morgan fingerprint density at radius 2 is 1.81 bits per heavy atom. The van der Waals surface area contributed by atoms with E-state index in [0.29, 0.717) is 0 Å². The Balaban J connectivity index is 0.00000106. The van der Waals surface area contributed by atoms with E-state index < -0.39 is 0 Å². The van der Waals surface area contributed by atoms with E-state index >= 15 is 0 Å². The first-order valence-corrected chi connectivity index (χ1v) is 6.38. The van der Waals surface area contributed by atoms with Crippen molar-refractivity contribution < 1.29 is 9.53 Å². The molecule has 96 valence electrons. The molecular formula is C13H27NO2. The summed E-state index contributed by atoms with van der Waals surface area (Å²) in [7, 11) is 0. The van der Waals surface area contributed by atoms with E-state index in [1.54, 1.807) is 0 Å². The fourth-order valence-electron chi connectivity index (χ4n) is 1.69. The normalized spacial score (nSPS) is 23.9. The molecule has 1 amide bonds. The molecule has 0 heterocycles.